The van der Waals surface area contributed by atoms with Crippen LogP contribution in [0.15, 0.2) is 12.1 Å². The first kappa shape index (κ1) is 23.2. The van der Waals surface area contributed by atoms with E-state index in [1.54, 1.807) is 19.1 Å². The number of likely N-dealkylation sites (tertiary alicyclic amines) is 1. The van der Waals surface area contributed by atoms with Crippen LogP contribution in [0.5, 0.6) is 11.5 Å². The van der Waals surface area contributed by atoms with Crippen LogP contribution in [-0.2, 0) is 17.6 Å². The number of methoxy groups -OCH3 is 2. The predicted molar refractivity (Wildman–Crippen MR) is 118 cm³/mol. The van der Waals surface area contributed by atoms with Crippen LogP contribution >= 0.6 is 0 Å². The molecule has 172 valence electrons. The van der Waals surface area contributed by atoms with E-state index in [0.717, 1.165) is 63.1 Å². The van der Waals surface area contributed by atoms with Gasteiger partial charge in [0.15, 0.2) is 11.5 Å². The van der Waals surface area contributed by atoms with Crippen molar-refractivity contribution >= 4 is 12.2 Å². The van der Waals surface area contributed by atoms with E-state index in [2.05, 4.69) is 28.7 Å². The smallest absolute Gasteiger partial charge is 0.418 e. The third kappa shape index (κ3) is 5.81. The highest BCUT2D eigenvalue weighted by Gasteiger charge is 2.30. The van der Waals surface area contributed by atoms with Crippen molar-refractivity contribution in [3.8, 4) is 11.5 Å². The second kappa shape index (κ2) is 10.7. The summed E-state index contributed by atoms with van der Waals surface area (Å²) >= 11 is 0. The maximum absolute atomic E-state index is 11.9. The molecule has 2 aliphatic rings. The Labute approximate surface area is 184 Å². The molecule has 0 aromatic heterocycles. The van der Waals surface area contributed by atoms with Crippen LogP contribution in [0.2, 0.25) is 0 Å². The van der Waals surface area contributed by atoms with Crippen molar-refractivity contribution in [3.63, 3.8) is 0 Å². The monoisotopic (exact) mass is 433 g/mol. The van der Waals surface area contributed by atoms with Gasteiger partial charge < -0.3 is 24.8 Å². The number of ether oxygens (including phenoxy) is 3. The minimum atomic E-state index is -1.05. The molecule has 1 fully saturated rings. The second-order valence-electron chi connectivity index (χ2n) is 8.48. The van der Waals surface area contributed by atoms with E-state index in [0.29, 0.717) is 25.0 Å². The molecule has 31 heavy (non-hydrogen) atoms. The van der Waals surface area contributed by atoms with Crippen LogP contribution in [0.1, 0.15) is 43.7 Å². The van der Waals surface area contributed by atoms with Gasteiger partial charge in [-0.2, -0.15) is 0 Å². The maximum atomic E-state index is 11.9. The molecule has 1 heterocycles. The molecule has 1 aliphatic heterocycles. The summed E-state index contributed by atoms with van der Waals surface area (Å²) in [5, 5.41) is 0. The van der Waals surface area contributed by atoms with Crippen LogP contribution in [0, 0.1) is 5.92 Å². The second-order valence-corrected chi connectivity index (χ2v) is 8.48. The Hall–Kier alpha value is -2.48. The zero-order valence-corrected chi connectivity index (χ0v) is 18.9. The fourth-order valence-corrected chi connectivity index (χ4v) is 4.87. The fourth-order valence-electron chi connectivity index (χ4n) is 4.87. The number of rotatable bonds is 7. The molecule has 1 saturated heterocycles. The van der Waals surface area contributed by atoms with Gasteiger partial charge in [0.05, 0.1) is 14.2 Å². The molecule has 1 aromatic carbocycles. The molecule has 8 heteroatoms. The predicted octanol–water partition coefficient (Wildman–Crippen LogP) is 3.20. The zero-order valence-electron chi connectivity index (χ0n) is 18.9. The highest BCUT2D eigenvalue weighted by molar-refractivity contribution is 5.82. The fraction of sp³-hybridized carbons (Fsp3) is 0.652. The quantitative estimate of drug-likeness (QED) is 0.664. The van der Waals surface area contributed by atoms with Crippen molar-refractivity contribution in [2.24, 2.45) is 11.7 Å². The number of benzene rings is 1. The minimum Gasteiger partial charge on any atom is -0.493 e. The Morgan fingerprint density at radius 1 is 1.10 bits per heavy atom. The first-order valence-electron chi connectivity index (χ1n) is 11.2. The maximum Gasteiger partial charge on any atom is 0.418 e. The molecule has 1 aliphatic carbocycles. The summed E-state index contributed by atoms with van der Waals surface area (Å²) in [4.78, 5) is 26.9. The van der Waals surface area contributed by atoms with Gasteiger partial charge in [-0.3, -0.25) is 4.90 Å². The van der Waals surface area contributed by atoms with E-state index in [1.807, 2.05) is 0 Å². The number of carbonyl (C=O) groups is 2. The summed E-state index contributed by atoms with van der Waals surface area (Å²) in [5.74, 6) is 2.11. The molecule has 8 nitrogen and oxygen atoms in total. The Balaban J connectivity index is 1.60. The van der Waals surface area contributed by atoms with Gasteiger partial charge >= 0.3 is 12.2 Å². The molecule has 3 rings (SSSR count). The SMILES string of the molecule is CCCN(CC1CCN(C(=O)OC(N)=O)CC1)C1CCc2cc(OC)c(OC)cc2C1. The van der Waals surface area contributed by atoms with Crippen molar-refractivity contribution in [3.05, 3.63) is 23.3 Å². The first-order valence-corrected chi connectivity index (χ1v) is 11.2. The van der Waals surface area contributed by atoms with Gasteiger partial charge in [0.25, 0.3) is 0 Å². The molecular weight excluding hydrogens is 398 g/mol. The van der Waals surface area contributed by atoms with E-state index in [9.17, 15) is 9.59 Å². The summed E-state index contributed by atoms with van der Waals surface area (Å²) in [5.41, 5.74) is 7.65. The van der Waals surface area contributed by atoms with Gasteiger partial charge in [0, 0.05) is 25.7 Å². The molecular formula is C23H35N3O5. The molecule has 0 saturated carbocycles. The van der Waals surface area contributed by atoms with Gasteiger partial charge in [-0.05, 0) is 74.2 Å². The summed E-state index contributed by atoms with van der Waals surface area (Å²) in [6.45, 7) is 5.51. The Kier molecular flexibility index (Phi) is 8.01. The molecule has 1 unspecified atom stereocenters. The normalized spacial score (nSPS) is 19.1. The van der Waals surface area contributed by atoms with Crippen LogP contribution < -0.4 is 15.2 Å². The number of piperidine rings is 1. The molecule has 0 radical (unpaired) electrons. The van der Waals surface area contributed by atoms with Gasteiger partial charge in [0.1, 0.15) is 0 Å². The molecule has 2 amide bonds. The van der Waals surface area contributed by atoms with Crippen molar-refractivity contribution in [2.45, 2.75) is 51.5 Å². The van der Waals surface area contributed by atoms with Crippen molar-refractivity contribution in [1.29, 1.82) is 0 Å². The van der Waals surface area contributed by atoms with Gasteiger partial charge in [-0.15, -0.1) is 0 Å². The van der Waals surface area contributed by atoms with E-state index < -0.39 is 12.2 Å². The number of fused-ring (bicyclic) bond motifs is 1. The number of aryl methyl sites for hydroxylation is 1. The lowest BCUT2D eigenvalue weighted by atomic mass is 9.86. The summed E-state index contributed by atoms with van der Waals surface area (Å²) < 4.78 is 15.5. The van der Waals surface area contributed by atoms with E-state index in [1.165, 1.54) is 11.1 Å². The molecule has 1 aromatic rings. The van der Waals surface area contributed by atoms with Gasteiger partial charge in [-0.1, -0.05) is 6.92 Å². The average molecular weight is 434 g/mol. The third-order valence-electron chi connectivity index (χ3n) is 6.49. The zero-order chi connectivity index (χ0) is 22.4. The number of amides is 2. The lowest BCUT2D eigenvalue weighted by molar-refractivity contribution is 0.0906. The Morgan fingerprint density at radius 3 is 2.32 bits per heavy atom. The number of nitrogens with zero attached hydrogens (tertiary/aromatic N) is 2. The van der Waals surface area contributed by atoms with Gasteiger partial charge in [0.2, 0.25) is 0 Å². The lowest BCUT2D eigenvalue weighted by Gasteiger charge is -2.39. The number of carbonyl (C=O) groups excluding carboxylic acids is 2. The topological polar surface area (TPSA) is 94.3 Å². The highest BCUT2D eigenvalue weighted by atomic mass is 16.6. The largest absolute Gasteiger partial charge is 0.493 e. The number of primary amides is 1. The first-order chi connectivity index (χ1) is 14.9. The molecule has 1 atom stereocenters. The standard InChI is InChI=1S/C23H35N3O5/c1-4-9-26(15-16-7-10-25(11-8-16)23(28)31-22(24)27)19-6-5-17-13-20(29-2)21(30-3)14-18(17)12-19/h13-14,16,19H,4-12,15H2,1-3H3,(H2,24,27). The van der Waals surface area contributed by atoms with Gasteiger partial charge in [-0.25, -0.2) is 9.59 Å². The molecule has 0 spiro atoms. The average Bonchev–Trinajstić information content (AvgIpc) is 2.77. The lowest BCUT2D eigenvalue weighted by Crippen LogP contribution is -2.46. The number of hydrogen-bond donors (Lipinski definition) is 1. The van der Waals surface area contributed by atoms with Crippen LogP contribution in [-0.4, -0.2) is 68.4 Å². The minimum absolute atomic E-state index is 0.503. The Morgan fingerprint density at radius 2 is 1.74 bits per heavy atom. The van der Waals surface area contributed by atoms with Crippen molar-refractivity contribution < 1.29 is 23.8 Å². The van der Waals surface area contributed by atoms with Crippen molar-refractivity contribution in [1.82, 2.24) is 9.80 Å². The molecule has 0 bridgehead atoms. The van der Waals surface area contributed by atoms with Crippen LogP contribution in [0.25, 0.3) is 0 Å². The summed E-state index contributed by atoms with van der Waals surface area (Å²) in [6, 6.07) is 4.76. The Bertz CT molecular complexity index is 777. The van der Waals surface area contributed by atoms with E-state index >= 15 is 0 Å². The highest BCUT2D eigenvalue weighted by Crippen LogP contribution is 2.35. The molecule has 2 N–H and O–H groups in total. The summed E-state index contributed by atoms with van der Waals surface area (Å²) in [7, 11) is 3.36. The van der Waals surface area contributed by atoms with Crippen molar-refractivity contribution in [2.75, 3.05) is 40.4 Å². The number of hydrogen-bond acceptors (Lipinski definition) is 6. The van der Waals surface area contributed by atoms with E-state index in [-0.39, 0.29) is 0 Å². The van der Waals surface area contributed by atoms with Crippen LogP contribution in [0.3, 0.4) is 0 Å². The van der Waals surface area contributed by atoms with E-state index in [4.69, 9.17) is 15.2 Å². The van der Waals surface area contributed by atoms with Crippen LogP contribution in [0.4, 0.5) is 9.59 Å². The summed E-state index contributed by atoms with van der Waals surface area (Å²) in [6.07, 6.45) is 4.42. The number of nitrogens with two attached hydrogens (primary N) is 1. The third-order valence-corrected chi connectivity index (χ3v) is 6.49.